The number of carbonyl (C=O) groups is 2. The average molecular weight is 440 g/mol. The van der Waals surface area contributed by atoms with Crippen molar-refractivity contribution in [2.45, 2.75) is 19.0 Å². The highest BCUT2D eigenvalue weighted by atomic mass is 19.2. The number of hydrogen-bond donors (Lipinski definition) is 2. The molecule has 0 saturated heterocycles. The summed E-state index contributed by atoms with van der Waals surface area (Å²) in [4.78, 5) is 26.1. The normalized spacial score (nSPS) is 14.5. The molecule has 0 spiro atoms. The van der Waals surface area contributed by atoms with Crippen LogP contribution in [0.3, 0.4) is 0 Å². The largest absolute Gasteiger partial charge is 0.394 e. The van der Waals surface area contributed by atoms with Crippen molar-refractivity contribution in [1.29, 1.82) is 0 Å². The summed E-state index contributed by atoms with van der Waals surface area (Å²) in [6, 6.07) is 6.14. The van der Waals surface area contributed by atoms with Crippen LogP contribution in [0.5, 0.6) is 0 Å². The summed E-state index contributed by atoms with van der Waals surface area (Å²) in [6.07, 6.45) is 1.51. The zero-order valence-corrected chi connectivity index (χ0v) is 16.0. The lowest BCUT2D eigenvalue weighted by Gasteiger charge is -2.31. The van der Waals surface area contributed by atoms with Crippen LogP contribution in [-0.2, 0) is 22.6 Å². The molecule has 2 N–H and O–H groups in total. The molecule has 1 aliphatic rings. The van der Waals surface area contributed by atoms with Crippen LogP contribution in [-0.4, -0.2) is 41.0 Å². The smallest absolute Gasteiger partial charge is 0.247 e. The van der Waals surface area contributed by atoms with E-state index in [-0.39, 0.29) is 6.54 Å². The molecule has 0 saturated carbocycles. The van der Waals surface area contributed by atoms with E-state index in [1.807, 2.05) is 24.3 Å². The van der Waals surface area contributed by atoms with Gasteiger partial charge in [-0.2, -0.15) is 0 Å². The molecule has 0 bridgehead atoms. The van der Waals surface area contributed by atoms with Gasteiger partial charge in [0.1, 0.15) is 6.04 Å². The van der Waals surface area contributed by atoms with Gasteiger partial charge in [-0.15, -0.1) is 0 Å². The SMILES string of the molecule is O=C(C=Cc1c(F)c(F)c(F)c(F)c1F)NC(CO)C(=O)N1CCc2ccccc2C1. The molecular formula is C21H17F5N2O3. The van der Waals surface area contributed by atoms with Crippen molar-refractivity contribution in [2.24, 2.45) is 0 Å². The molecule has 0 aromatic heterocycles. The number of halogens is 5. The molecule has 1 unspecified atom stereocenters. The second-order valence-electron chi connectivity index (χ2n) is 6.84. The van der Waals surface area contributed by atoms with Gasteiger partial charge in [0.25, 0.3) is 0 Å². The summed E-state index contributed by atoms with van der Waals surface area (Å²) in [7, 11) is 0. The van der Waals surface area contributed by atoms with E-state index in [9.17, 15) is 36.6 Å². The van der Waals surface area contributed by atoms with Gasteiger partial charge in [-0.05, 0) is 23.6 Å². The summed E-state index contributed by atoms with van der Waals surface area (Å²) >= 11 is 0. The van der Waals surface area contributed by atoms with Crippen LogP contribution in [0, 0.1) is 29.1 Å². The molecule has 2 amide bonds. The molecule has 2 aromatic carbocycles. The Morgan fingerprint density at radius 3 is 2.19 bits per heavy atom. The Balaban J connectivity index is 1.70. The topological polar surface area (TPSA) is 69.6 Å². The summed E-state index contributed by atoms with van der Waals surface area (Å²) in [6.45, 7) is -0.108. The fraction of sp³-hybridized carbons (Fsp3) is 0.238. The Kier molecular flexibility index (Phi) is 6.69. The van der Waals surface area contributed by atoms with E-state index >= 15 is 0 Å². The molecule has 0 aliphatic carbocycles. The minimum atomic E-state index is -2.31. The Hall–Kier alpha value is -3.27. The number of amides is 2. The van der Waals surface area contributed by atoms with Gasteiger partial charge in [0.15, 0.2) is 23.3 Å². The molecular weight excluding hydrogens is 423 g/mol. The third kappa shape index (κ3) is 4.58. The highest BCUT2D eigenvalue weighted by molar-refractivity contribution is 5.95. The zero-order valence-electron chi connectivity index (χ0n) is 16.0. The highest BCUT2D eigenvalue weighted by Crippen LogP contribution is 2.24. The standard InChI is InChI=1S/C21H17F5N2O3/c22-16-13(17(23)19(25)20(26)18(16)24)5-6-15(30)27-14(10-29)21(31)28-8-7-11-3-1-2-4-12(11)9-28/h1-6,14,29H,7-10H2,(H,27,30). The molecule has 1 aliphatic heterocycles. The van der Waals surface area contributed by atoms with E-state index in [0.717, 1.165) is 11.1 Å². The van der Waals surface area contributed by atoms with Crippen LogP contribution < -0.4 is 5.32 Å². The Morgan fingerprint density at radius 2 is 1.58 bits per heavy atom. The quantitative estimate of drug-likeness (QED) is 0.325. The molecule has 1 atom stereocenters. The van der Waals surface area contributed by atoms with Gasteiger partial charge in [-0.1, -0.05) is 24.3 Å². The van der Waals surface area contributed by atoms with E-state index in [1.54, 1.807) is 0 Å². The summed E-state index contributed by atoms with van der Waals surface area (Å²) in [5.74, 6) is -12.4. The van der Waals surface area contributed by atoms with Crippen LogP contribution in [0.15, 0.2) is 30.3 Å². The molecule has 10 heteroatoms. The maximum absolute atomic E-state index is 13.7. The van der Waals surface area contributed by atoms with E-state index in [4.69, 9.17) is 0 Å². The molecule has 31 heavy (non-hydrogen) atoms. The molecule has 164 valence electrons. The van der Waals surface area contributed by atoms with Crippen molar-refractivity contribution in [1.82, 2.24) is 10.2 Å². The highest BCUT2D eigenvalue weighted by Gasteiger charge is 2.28. The number of benzene rings is 2. The van der Waals surface area contributed by atoms with Crippen LogP contribution in [0.1, 0.15) is 16.7 Å². The first-order valence-electron chi connectivity index (χ1n) is 9.21. The molecule has 3 rings (SSSR count). The lowest BCUT2D eigenvalue weighted by atomic mass is 9.99. The third-order valence-electron chi connectivity index (χ3n) is 4.88. The van der Waals surface area contributed by atoms with Crippen molar-refractivity contribution in [2.75, 3.05) is 13.2 Å². The fourth-order valence-corrected chi connectivity index (χ4v) is 3.24. The van der Waals surface area contributed by atoms with Crippen molar-refractivity contribution in [3.8, 4) is 0 Å². The Bertz CT molecular complexity index is 1030. The minimum Gasteiger partial charge on any atom is -0.394 e. The van der Waals surface area contributed by atoms with Crippen LogP contribution in [0.4, 0.5) is 22.0 Å². The second kappa shape index (κ2) is 9.25. The van der Waals surface area contributed by atoms with Gasteiger partial charge in [0.2, 0.25) is 17.6 Å². The first-order valence-corrected chi connectivity index (χ1v) is 9.21. The van der Waals surface area contributed by atoms with Crippen molar-refractivity contribution in [3.05, 3.63) is 76.1 Å². The van der Waals surface area contributed by atoms with Crippen molar-refractivity contribution in [3.63, 3.8) is 0 Å². The zero-order chi connectivity index (χ0) is 22.7. The lowest BCUT2D eigenvalue weighted by molar-refractivity contribution is -0.137. The Labute approximate surface area is 173 Å². The molecule has 2 aromatic rings. The van der Waals surface area contributed by atoms with E-state index in [2.05, 4.69) is 5.32 Å². The van der Waals surface area contributed by atoms with E-state index in [1.165, 1.54) is 4.90 Å². The minimum absolute atomic E-state index is 0.280. The average Bonchev–Trinajstić information content (AvgIpc) is 2.79. The van der Waals surface area contributed by atoms with Crippen molar-refractivity contribution < 1.29 is 36.6 Å². The number of nitrogens with one attached hydrogen (secondary N) is 1. The molecule has 0 radical (unpaired) electrons. The number of carbonyl (C=O) groups excluding carboxylic acids is 2. The first-order chi connectivity index (χ1) is 14.7. The second-order valence-corrected chi connectivity index (χ2v) is 6.84. The van der Waals surface area contributed by atoms with Crippen LogP contribution in [0.25, 0.3) is 6.08 Å². The number of hydrogen-bond acceptors (Lipinski definition) is 3. The van der Waals surface area contributed by atoms with Crippen molar-refractivity contribution >= 4 is 17.9 Å². The Morgan fingerprint density at radius 1 is 1.00 bits per heavy atom. The number of aliphatic hydroxyl groups is 1. The van der Waals surface area contributed by atoms with Gasteiger partial charge in [0.05, 0.1) is 12.2 Å². The molecule has 0 fully saturated rings. The number of fused-ring (bicyclic) bond motifs is 1. The van der Waals surface area contributed by atoms with Crippen LogP contribution >= 0.6 is 0 Å². The van der Waals surface area contributed by atoms with Gasteiger partial charge in [-0.25, -0.2) is 22.0 Å². The van der Waals surface area contributed by atoms with Gasteiger partial charge in [0, 0.05) is 19.2 Å². The van der Waals surface area contributed by atoms with Gasteiger partial charge in [-0.3, -0.25) is 9.59 Å². The summed E-state index contributed by atoms with van der Waals surface area (Å²) in [5.41, 5.74) is 0.712. The fourth-order valence-electron chi connectivity index (χ4n) is 3.24. The number of rotatable bonds is 5. The van der Waals surface area contributed by atoms with Gasteiger partial charge < -0.3 is 15.3 Å². The van der Waals surface area contributed by atoms with Crippen LogP contribution in [0.2, 0.25) is 0 Å². The number of nitrogens with zero attached hydrogens (tertiary/aromatic N) is 1. The summed E-state index contributed by atoms with van der Waals surface area (Å²) in [5, 5.41) is 11.7. The summed E-state index contributed by atoms with van der Waals surface area (Å²) < 4.78 is 66.9. The first kappa shape index (κ1) is 22.4. The maximum atomic E-state index is 13.7. The van der Waals surface area contributed by atoms with Gasteiger partial charge >= 0.3 is 0 Å². The predicted molar refractivity (Wildman–Crippen MR) is 99.8 cm³/mol. The van der Waals surface area contributed by atoms with E-state index in [0.29, 0.717) is 25.1 Å². The lowest BCUT2D eigenvalue weighted by Crippen LogP contribution is -2.51. The molecule has 1 heterocycles. The number of aliphatic hydroxyl groups excluding tert-OH is 1. The predicted octanol–water partition coefficient (Wildman–Crippen LogP) is 2.46. The maximum Gasteiger partial charge on any atom is 0.247 e. The van der Waals surface area contributed by atoms with E-state index < -0.39 is 59.1 Å². The third-order valence-corrected chi connectivity index (χ3v) is 4.88. The monoisotopic (exact) mass is 440 g/mol. The molecule has 5 nitrogen and oxygen atoms in total.